The van der Waals surface area contributed by atoms with Crippen molar-refractivity contribution in [2.75, 3.05) is 16.3 Å². The summed E-state index contributed by atoms with van der Waals surface area (Å²) in [5.74, 6) is -0.190. The fourth-order valence-electron chi connectivity index (χ4n) is 6.16. The maximum absolute atomic E-state index is 14.1. The van der Waals surface area contributed by atoms with Gasteiger partial charge in [0.2, 0.25) is 0 Å². The van der Waals surface area contributed by atoms with Gasteiger partial charge in [-0.3, -0.25) is 4.90 Å². The monoisotopic (exact) mass is 678 g/mol. The number of fused-ring (bicyclic) bond motifs is 1. The van der Waals surface area contributed by atoms with Gasteiger partial charge in [-0.1, -0.05) is 17.6 Å². The molecule has 1 amide bonds. The van der Waals surface area contributed by atoms with Crippen LogP contribution in [0.15, 0.2) is 30.3 Å². The number of carbonyl (C=O) groups is 1. The van der Waals surface area contributed by atoms with E-state index >= 15 is 0 Å². The van der Waals surface area contributed by atoms with Crippen molar-refractivity contribution in [2.24, 2.45) is 7.05 Å². The lowest BCUT2D eigenvalue weighted by atomic mass is 9.94. The number of carbonyl (C=O) groups excluding carboxylic acids is 1. The zero-order chi connectivity index (χ0) is 34.3. The molecule has 3 aromatic rings. The van der Waals surface area contributed by atoms with Gasteiger partial charge in [-0.25, -0.2) is 4.79 Å². The van der Waals surface area contributed by atoms with Crippen molar-refractivity contribution in [3.8, 4) is 0 Å². The molecule has 1 saturated carbocycles. The Morgan fingerprint density at radius 1 is 0.872 bits per heavy atom. The van der Waals surface area contributed by atoms with E-state index < -0.39 is 65.6 Å². The summed E-state index contributed by atoms with van der Waals surface area (Å²) in [6.45, 7) is 0.567. The molecule has 0 N–H and O–H groups in total. The number of alkyl halides is 9. The minimum Gasteiger partial charge on any atom is -0.446 e. The topological polar surface area (TPSA) is 76.4 Å². The van der Waals surface area contributed by atoms with Crippen LogP contribution in [0.1, 0.15) is 84.4 Å². The Hall–Kier alpha value is -4.05. The Bertz CT molecular complexity index is 1560. The molecule has 1 fully saturated rings. The van der Waals surface area contributed by atoms with Crippen LogP contribution in [0.25, 0.3) is 0 Å². The first kappa shape index (κ1) is 34.3. The molecular formula is C30H31F9N6O2. The van der Waals surface area contributed by atoms with Gasteiger partial charge in [-0.2, -0.15) is 44.3 Å². The van der Waals surface area contributed by atoms with Crippen LogP contribution in [-0.2, 0) is 36.9 Å². The lowest BCUT2D eigenvalue weighted by Crippen LogP contribution is -2.36. The summed E-state index contributed by atoms with van der Waals surface area (Å²) >= 11 is 0. The SMILES string of the molecule is Cc1cc2c(cc1C(F)(F)F)N(C(=O)OC1CCCCC1)CCC[C@@H]2N(Cc1cc(C(F)(F)F)cc(C(F)(F)F)c1)c1nnn(C)n1. The molecule has 1 aliphatic heterocycles. The molecule has 17 heteroatoms. The van der Waals surface area contributed by atoms with E-state index in [9.17, 15) is 44.3 Å². The summed E-state index contributed by atoms with van der Waals surface area (Å²) in [5.41, 5.74) is -4.64. The number of rotatable bonds is 5. The van der Waals surface area contributed by atoms with E-state index in [-0.39, 0.29) is 48.2 Å². The molecule has 1 atom stereocenters. The highest BCUT2D eigenvalue weighted by Crippen LogP contribution is 2.44. The van der Waals surface area contributed by atoms with Crippen molar-refractivity contribution < 1.29 is 49.0 Å². The lowest BCUT2D eigenvalue weighted by molar-refractivity contribution is -0.143. The van der Waals surface area contributed by atoms with Crippen LogP contribution in [-0.4, -0.2) is 38.9 Å². The minimum atomic E-state index is -5.11. The molecule has 0 spiro atoms. The Kier molecular flexibility index (Phi) is 9.38. The highest BCUT2D eigenvalue weighted by molar-refractivity contribution is 5.89. The summed E-state index contributed by atoms with van der Waals surface area (Å²) in [4.78, 5) is 16.9. The van der Waals surface area contributed by atoms with Gasteiger partial charge in [-0.05, 0) is 91.6 Å². The molecular weight excluding hydrogens is 647 g/mol. The lowest BCUT2D eigenvalue weighted by Gasteiger charge is -2.33. The molecule has 0 bridgehead atoms. The standard InChI is InChI=1S/C30H31F9N6O2/c1-17-11-22-24(9-6-10-44(25(22)15-23(17)30(37,38)39)27(46)47-21-7-4-3-5-8-21)45(26-40-42-43(2)41-26)16-18-12-19(28(31,32)33)14-20(13-18)29(34,35)36/h11-15,21,24H,3-10,16H2,1-2H3/t24-/m0/s1. The number of halogens is 9. The molecule has 0 radical (unpaired) electrons. The summed E-state index contributed by atoms with van der Waals surface area (Å²) < 4.78 is 130. The van der Waals surface area contributed by atoms with Gasteiger partial charge in [-0.15, -0.1) is 5.10 Å². The maximum Gasteiger partial charge on any atom is 0.416 e. The third-order valence-electron chi connectivity index (χ3n) is 8.36. The minimum absolute atomic E-state index is 0.00714. The van der Waals surface area contributed by atoms with Crippen molar-refractivity contribution in [2.45, 2.75) is 89.1 Å². The van der Waals surface area contributed by atoms with Gasteiger partial charge in [0.05, 0.1) is 35.5 Å². The van der Waals surface area contributed by atoms with Crippen molar-refractivity contribution in [1.29, 1.82) is 0 Å². The van der Waals surface area contributed by atoms with Crippen molar-refractivity contribution in [1.82, 2.24) is 20.2 Å². The van der Waals surface area contributed by atoms with Gasteiger partial charge >= 0.3 is 24.6 Å². The van der Waals surface area contributed by atoms with Crippen LogP contribution in [0.3, 0.4) is 0 Å². The van der Waals surface area contributed by atoms with Crippen LogP contribution in [0, 0.1) is 6.92 Å². The van der Waals surface area contributed by atoms with Crippen molar-refractivity contribution in [3.05, 3.63) is 63.7 Å². The highest BCUT2D eigenvalue weighted by atomic mass is 19.4. The average Bonchev–Trinajstić information content (AvgIpc) is 3.32. The van der Waals surface area contributed by atoms with E-state index in [0.29, 0.717) is 25.0 Å². The molecule has 0 unspecified atom stereocenters. The average molecular weight is 679 g/mol. The molecule has 1 aromatic heterocycles. The number of amides is 1. The molecule has 2 aromatic carbocycles. The van der Waals surface area contributed by atoms with Gasteiger partial charge < -0.3 is 9.64 Å². The third-order valence-corrected chi connectivity index (χ3v) is 8.36. The number of benzene rings is 2. The Labute approximate surface area is 263 Å². The van der Waals surface area contributed by atoms with E-state index in [1.165, 1.54) is 24.9 Å². The molecule has 5 rings (SSSR count). The quantitative estimate of drug-likeness (QED) is 0.253. The summed E-state index contributed by atoms with van der Waals surface area (Å²) in [5, 5.41) is 11.8. The number of ether oxygens (including phenoxy) is 1. The number of hydrogen-bond donors (Lipinski definition) is 0. The van der Waals surface area contributed by atoms with E-state index in [4.69, 9.17) is 4.74 Å². The second-order valence-corrected chi connectivity index (χ2v) is 11.8. The summed E-state index contributed by atoms with van der Waals surface area (Å²) in [7, 11) is 1.39. The number of nitrogens with zero attached hydrogens (tertiary/aromatic N) is 6. The predicted molar refractivity (Wildman–Crippen MR) is 150 cm³/mol. The van der Waals surface area contributed by atoms with Crippen molar-refractivity contribution >= 4 is 17.7 Å². The van der Waals surface area contributed by atoms with Gasteiger partial charge in [0, 0.05) is 13.1 Å². The largest absolute Gasteiger partial charge is 0.446 e. The second-order valence-electron chi connectivity index (χ2n) is 11.8. The van der Waals surface area contributed by atoms with Gasteiger partial charge in [0.15, 0.2) is 0 Å². The van der Waals surface area contributed by atoms with Crippen LogP contribution in [0.5, 0.6) is 0 Å². The van der Waals surface area contributed by atoms with E-state index in [0.717, 1.165) is 35.0 Å². The number of tetrazole rings is 1. The fraction of sp³-hybridized carbons (Fsp3) is 0.533. The molecule has 0 saturated heterocycles. The Morgan fingerprint density at radius 3 is 2.06 bits per heavy atom. The first-order valence-electron chi connectivity index (χ1n) is 14.9. The first-order chi connectivity index (χ1) is 21.9. The first-order valence-corrected chi connectivity index (χ1v) is 14.9. The number of anilines is 2. The molecule has 2 aliphatic rings. The third kappa shape index (κ3) is 7.75. The predicted octanol–water partition coefficient (Wildman–Crippen LogP) is 8.39. The molecule has 8 nitrogen and oxygen atoms in total. The highest BCUT2D eigenvalue weighted by Gasteiger charge is 2.40. The number of aromatic nitrogens is 4. The zero-order valence-corrected chi connectivity index (χ0v) is 25.3. The molecule has 2 heterocycles. The van der Waals surface area contributed by atoms with E-state index in [1.807, 2.05) is 0 Å². The Balaban J connectivity index is 1.64. The Morgan fingerprint density at radius 2 is 1.51 bits per heavy atom. The van der Waals surface area contributed by atoms with Crippen LogP contribution in [0.4, 0.5) is 55.9 Å². The van der Waals surface area contributed by atoms with Crippen LogP contribution >= 0.6 is 0 Å². The maximum atomic E-state index is 14.1. The summed E-state index contributed by atoms with van der Waals surface area (Å²) in [6, 6.07) is 2.22. The number of hydrogen-bond acceptors (Lipinski definition) is 6. The zero-order valence-electron chi connectivity index (χ0n) is 25.3. The molecule has 47 heavy (non-hydrogen) atoms. The van der Waals surface area contributed by atoms with Crippen LogP contribution < -0.4 is 9.80 Å². The number of aryl methyl sites for hydroxylation is 2. The van der Waals surface area contributed by atoms with E-state index in [2.05, 4.69) is 15.4 Å². The normalized spacial score (nSPS) is 18.1. The summed E-state index contributed by atoms with van der Waals surface area (Å²) in [6.07, 6.45) is -12.1. The molecule has 1 aliphatic carbocycles. The fourth-order valence-corrected chi connectivity index (χ4v) is 6.16. The van der Waals surface area contributed by atoms with Crippen LogP contribution in [0.2, 0.25) is 0 Å². The van der Waals surface area contributed by atoms with Gasteiger partial charge in [0.1, 0.15) is 6.10 Å². The van der Waals surface area contributed by atoms with E-state index in [1.54, 1.807) is 0 Å². The van der Waals surface area contributed by atoms with Gasteiger partial charge in [0.25, 0.3) is 5.95 Å². The smallest absolute Gasteiger partial charge is 0.416 e. The molecule has 256 valence electrons. The van der Waals surface area contributed by atoms with Crippen molar-refractivity contribution in [3.63, 3.8) is 0 Å². The second kappa shape index (κ2) is 12.9.